The predicted octanol–water partition coefficient (Wildman–Crippen LogP) is 0.267. The number of aromatic amines is 1. The minimum atomic E-state index is -0.0849. The number of hydrogen-bond donors (Lipinski definition) is 3. The Morgan fingerprint density at radius 3 is 3.00 bits per heavy atom. The van der Waals surface area contributed by atoms with Gasteiger partial charge in [0, 0.05) is 17.9 Å². The second-order valence-electron chi connectivity index (χ2n) is 2.68. The zero-order valence-electron chi connectivity index (χ0n) is 6.46. The summed E-state index contributed by atoms with van der Waals surface area (Å²) >= 11 is 0. The summed E-state index contributed by atoms with van der Waals surface area (Å²) < 4.78 is 0. The number of aromatic nitrogens is 1. The van der Waals surface area contributed by atoms with Gasteiger partial charge in [-0.2, -0.15) is 0 Å². The molecule has 1 heterocycles. The molecule has 0 aliphatic heterocycles. The van der Waals surface area contributed by atoms with Crippen molar-refractivity contribution in [3.63, 3.8) is 0 Å². The van der Waals surface area contributed by atoms with Gasteiger partial charge in [-0.3, -0.25) is 0 Å². The molecule has 1 aromatic rings. The van der Waals surface area contributed by atoms with Crippen LogP contribution in [0.5, 0.6) is 0 Å². The van der Waals surface area contributed by atoms with Crippen molar-refractivity contribution in [2.24, 2.45) is 5.73 Å². The Morgan fingerprint density at radius 1 is 1.64 bits per heavy atom. The average Bonchev–Trinajstić information content (AvgIpc) is 2.52. The van der Waals surface area contributed by atoms with Crippen molar-refractivity contribution in [1.29, 1.82) is 0 Å². The minimum absolute atomic E-state index is 0.0701. The third kappa shape index (κ3) is 2.74. The Bertz CT molecular complexity index is 184. The van der Waals surface area contributed by atoms with Crippen molar-refractivity contribution in [1.82, 2.24) is 4.98 Å². The number of aliphatic hydroxyl groups is 1. The van der Waals surface area contributed by atoms with Crippen LogP contribution in [0.2, 0.25) is 0 Å². The second-order valence-corrected chi connectivity index (χ2v) is 2.68. The maximum atomic E-state index is 8.63. The lowest BCUT2D eigenvalue weighted by Crippen LogP contribution is -2.24. The zero-order valence-corrected chi connectivity index (χ0v) is 6.46. The third-order valence-corrected chi connectivity index (χ3v) is 1.68. The maximum absolute atomic E-state index is 8.63. The number of hydrogen-bond acceptors (Lipinski definition) is 2. The fourth-order valence-corrected chi connectivity index (χ4v) is 0.955. The van der Waals surface area contributed by atoms with E-state index in [9.17, 15) is 0 Å². The Balaban J connectivity index is 2.23. The first-order valence-corrected chi connectivity index (χ1v) is 3.81. The Kier molecular flexibility index (Phi) is 3.14. The number of aryl methyl sites for hydroxylation is 1. The van der Waals surface area contributed by atoms with E-state index in [0.717, 1.165) is 12.8 Å². The number of aliphatic hydroxyl groups excluding tert-OH is 1. The molecule has 0 saturated carbocycles. The highest BCUT2D eigenvalue weighted by Gasteiger charge is 2.00. The number of nitrogens with two attached hydrogens (primary N) is 1. The van der Waals surface area contributed by atoms with Crippen LogP contribution in [-0.4, -0.2) is 22.7 Å². The van der Waals surface area contributed by atoms with Gasteiger partial charge in [0.05, 0.1) is 6.61 Å². The first-order chi connectivity index (χ1) is 5.33. The monoisotopic (exact) mass is 154 g/mol. The van der Waals surface area contributed by atoms with Crippen LogP contribution in [0, 0.1) is 0 Å². The summed E-state index contributed by atoms with van der Waals surface area (Å²) in [6.07, 6.45) is 3.63. The van der Waals surface area contributed by atoms with Gasteiger partial charge in [-0.25, -0.2) is 0 Å². The highest BCUT2D eigenvalue weighted by atomic mass is 16.3. The molecule has 62 valence electrons. The first kappa shape index (κ1) is 8.30. The lowest BCUT2D eigenvalue weighted by molar-refractivity contribution is 0.260. The van der Waals surface area contributed by atoms with Gasteiger partial charge in [-0.15, -0.1) is 0 Å². The molecule has 0 spiro atoms. The summed E-state index contributed by atoms with van der Waals surface area (Å²) in [5.74, 6) is 0. The fraction of sp³-hybridized carbons (Fsp3) is 0.500. The second kappa shape index (κ2) is 4.16. The van der Waals surface area contributed by atoms with Crippen LogP contribution in [0.15, 0.2) is 18.3 Å². The van der Waals surface area contributed by atoms with Crippen LogP contribution >= 0.6 is 0 Å². The van der Waals surface area contributed by atoms with Crippen molar-refractivity contribution < 1.29 is 5.11 Å². The molecule has 0 aliphatic carbocycles. The number of H-pyrrole nitrogens is 1. The number of nitrogens with one attached hydrogen (secondary N) is 1. The molecule has 0 fully saturated rings. The van der Waals surface area contributed by atoms with Crippen LogP contribution in [0.3, 0.4) is 0 Å². The van der Waals surface area contributed by atoms with Crippen LogP contribution in [0.4, 0.5) is 0 Å². The van der Waals surface area contributed by atoms with Gasteiger partial charge in [-0.1, -0.05) is 0 Å². The van der Waals surface area contributed by atoms with E-state index in [2.05, 4.69) is 4.98 Å². The summed E-state index contributed by atoms with van der Waals surface area (Å²) in [5.41, 5.74) is 6.70. The smallest absolute Gasteiger partial charge is 0.0582 e. The average molecular weight is 154 g/mol. The van der Waals surface area contributed by atoms with Crippen LogP contribution in [0.25, 0.3) is 0 Å². The van der Waals surface area contributed by atoms with Gasteiger partial charge in [0.2, 0.25) is 0 Å². The van der Waals surface area contributed by atoms with Crippen molar-refractivity contribution in [2.45, 2.75) is 18.9 Å². The molecular weight excluding hydrogens is 140 g/mol. The van der Waals surface area contributed by atoms with E-state index >= 15 is 0 Å². The normalized spacial score (nSPS) is 13.3. The van der Waals surface area contributed by atoms with Gasteiger partial charge in [-0.05, 0) is 25.0 Å². The van der Waals surface area contributed by atoms with E-state index in [-0.39, 0.29) is 12.6 Å². The molecular formula is C8H14N2O. The van der Waals surface area contributed by atoms with Gasteiger partial charge in [0.1, 0.15) is 0 Å². The fourth-order valence-electron chi connectivity index (χ4n) is 0.955. The summed E-state index contributed by atoms with van der Waals surface area (Å²) in [4.78, 5) is 3.08. The van der Waals surface area contributed by atoms with E-state index < -0.39 is 0 Å². The van der Waals surface area contributed by atoms with E-state index in [4.69, 9.17) is 10.8 Å². The van der Waals surface area contributed by atoms with Crippen molar-refractivity contribution in [3.05, 3.63) is 24.0 Å². The van der Waals surface area contributed by atoms with Crippen molar-refractivity contribution >= 4 is 0 Å². The molecule has 0 radical (unpaired) electrons. The van der Waals surface area contributed by atoms with Crippen LogP contribution in [0.1, 0.15) is 12.1 Å². The third-order valence-electron chi connectivity index (χ3n) is 1.68. The van der Waals surface area contributed by atoms with E-state index in [0.29, 0.717) is 0 Å². The Hall–Kier alpha value is -0.800. The summed E-state index contributed by atoms with van der Waals surface area (Å²) in [5, 5.41) is 8.63. The molecule has 0 saturated heterocycles. The Labute approximate surface area is 66.2 Å². The Morgan fingerprint density at radius 2 is 2.45 bits per heavy atom. The minimum Gasteiger partial charge on any atom is -0.395 e. The molecule has 3 nitrogen and oxygen atoms in total. The van der Waals surface area contributed by atoms with E-state index in [1.807, 2.05) is 18.3 Å². The molecule has 3 heteroatoms. The molecule has 0 bridgehead atoms. The van der Waals surface area contributed by atoms with Crippen LogP contribution < -0.4 is 5.73 Å². The molecule has 4 N–H and O–H groups in total. The SMILES string of the molecule is NC(CO)CCc1ccc[nH]1. The van der Waals surface area contributed by atoms with Gasteiger partial charge in [0.25, 0.3) is 0 Å². The summed E-state index contributed by atoms with van der Waals surface area (Å²) in [7, 11) is 0. The number of rotatable bonds is 4. The van der Waals surface area contributed by atoms with Gasteiger partial charge in [0.15, 0.2) is 0 Å². The van der Waals surface area contributed by atoms with Gasteiger partial charge >= 0.3 is 0 Å². The van der Waals surface area contributed by atoms with Gasteiger partial charge < -0.3 is 15.8 Å². The summed E-state index contributed by atoms with van der Waals surface area (Å²) in [6, 6.07) is 3.89. The molecule has 11 heavy (non-hydrogen) atoms. The standard InChI is InChI=1S/C8H14N2O/c9-7(6-11)3-4-8-2-1-5-10-8/h1-2,5,7,10-11H,3-4,6,9H2. The highest BCUT2D eigenvalue weighted by Crippen LogP contribution is 2.00. The molecule has 1 atom stereocenters. The molecule has 1 aromatic heterocycles. The predicted molar refractivity (Wildman–Crippen MR) is 44.2 cm³/mol. The molecule has 0 aromatic carbocycles. The van der Waals surface area contributed by atoms with Crippen molar-refractivity contribution in [3.8, 4) is 0 Å². The van der Waals surface area contributed by atoms with Crippen LogP contribution in [-0.2, 0) is 6.42 Å². The summed E-state index contributed by atoms with van der Waals surface area (Å²) in [6.45, 7) is 0.0701. The highest BCUT2D eigenvalue weighted by molar-refractivity contribution is 5.03. The first-order valence-electron chi connectivity index (χ1n) is 3.81. The van der Waals surface area contributed by atoms with E-state index in [1.165, 1.54) is 5.69 Å². The lowest BCUT2D eigenvalue weighted by Gasteiger charge is -2.05. The maximum Gasteiger partial charge on any atom is 0.0582 e. The quantitative estimate of drug-likeness (QED) is 0.582. The largest absolute Gasteiger partial charge is 0.395 e. The lowest BCUT2D eigenvalue weighted by atomic mass is 10.1. The van der Waals surface area contributed by atoms with E-state index in [1.54, 1.807) is 0 Å². The molecule has 1 unspecified atom stereocenters. The topological polar surface area (TPSA) is 62.0 Å². The zero-order chi connectivity index (χ0) is 8.10. The molecule has 0 amide bonds. The molecule has 1 rings (SSSR count). The van der Waals surface area contributed by atoms with Crippen molar-refractivity contribution in [2.75, 3.05) is 6.61 Å². The molecule has 0 aliphatic rings.